The molecular weight excluding hydrogens is 294 g/mol. The number of amides is 2. The lowest BCUT2D eigenvalue weighted by Crippen LogP contribution is -2.38. The van der Waals surface area contributed by atoms with Crippen molar-refractivity contribution in [1.82, 2.24) is 15.1 Å². The monoisotopic (exact) mass is 321 g/mol. The highest BCUT2D eigenvalue weighted by molar-refractivity contribution is 5.78. The number of carbonyl (C=O) groups is 2. The van der Waals surface area contributed by atoms with Crippen LogP contribution in [0, 0.1) is 0 Å². The van der Waals surface area contributed by atoms with Gasteiger partial charge in [-0.25, -0.2) is 0 Å². The van der Waals surface area contributed by atoms with Gasteiger partial charge < -0.3 is 19.9 Å². The minimum absolute atomic E-state index is 0.00481. The lowest BCUT2D eigenvalue weighted by molar-refractivity contribution is -0.129. The Morgan fingerprint density at radius 1 is 1.09 bits per heavy atom. The number of carbonyl (C=O) groups excluding carboxylic acids is 2. The molecule has 0 unspecified atom stereocenters. The molecule has 1 aromatic rings. The van der Waals surface area contributed by atoms with Crippen molar-refractivity contribution in [3.05, 3.63) is 29.8 Å². The maximum atomic E-state index is 11.9. The first-order valence-corrected chi connectivity index (χ1v) is 7.72. The van der Waals surface area contributed by atoms with Crippen molar-refractivity contribution in [2.45, 2.75) is 19.9 Å². The Labute approximate surface area is 138 Å². The highest BCUT2D eigenvalue weighted by Gasteiger charge is 2.11. The average molecular weight is 321 g/mol. The molecular formula is C17H27N3O3. The topological polar surface area (TPSA) is 61.9 Å². The minimum atomic E-state index is -0.0584. The largest absolute Gasteiger partial charge is 0.497 e. The molecule has 0 spiro atoms. The van der Waals surface area contributed by atoms with E-state index in [4.69, 9.17) is 4.74 Å². The molecule has 0 bridgehead atoms. The summed E-state index contributed by atoms with van der Waals surface area (Å²) < 4.78 is 5.09. The van der Waals surface area contributed by atoms with Crippen molar-refractivity contribution >= 4 is 11.8 Å². The van der Waals surface area contributed by atoms with E-state index in [1.165, 1.54) is 6.92 Å². The van der Waals surface area contributed by atoms with E-state index in [2.05, 4.69) is 5.32 Å². The molecule has 6 heteroatoms. The van der Waals surface area contributed by atoms with Gasteiger partial charge in [0.15, 0.2) is 0 Å². The molecule has 1 rings (SSSR count). The summed E-state index contributed by atoms with van der Waals surface area (Å²) in [6, 6.07) is 7.55. The predicted octanol–water partition coefficient (Wildman–Crippen LogP) is 1.11. The van der Waals surface area contributed by atoms with Gasteiger partial charge in [-0.2, -0.15) is 0 Å². The van der Waals surface area contributed by atoms with Crippen LogP contribution in [-0.4, -0.2) is 62.5 Å². The molecule has 2 amide bonds. The van der Waals surface area contributed by atoms with Gasteiger partial charge in [0.1, 0.15) is 5.75 Å². The van der Waals surface area contributed by atoms with Gasteiger partial charge in [-0.3, -0.25) is 9.59 Å². The lowest BCUT2D eigenvalue weighted by atomic mass is 10.2. The summed E-state index contributed by atoms with van der Waals surface area (Å²) in [6.07, 6.45) is 0.309. The normalized spacial score (nSPS) is 10.5. The quantitative estimate of drug-likeness (QED) is 0.740. The first-order chi connectivity index (χ1) is 10.9. The molecule has 128 valence electrons. The number of hydrogen-bond acceptors (Lipinski definition) is 4. The summed E-state index contributed by atoms with van der Waals surface area (Å²) in [6.45, 7) is 3.87. The maximum absolute atomic E-state index is 11.9. The smallest absolute Gasteiger partial charge is 0.222 e. The third-order valence-corrected chi connectivity index (χ3v) is 3.52. The number of nitrogens with zero attached hydrogens (tertiary/aromatic N) is 2. The molecule has 0 saturated heterocycles. The van der Waals surface area contributed by atoms with Crippen LogP contribution in [0.2, 0.25) is 0 Å². The van der Waals surface area contributed by atoms with Gasteiger partial charge in [-0.05, 0) is 31.8 Å². The average Bonchev–Trinajstić information content (AvgIpc) is 2.52. The van der Waals surface area contributed by atoms with Crippen molar-refractivity contribution < 1.29 is 14.3 Å². The third-order valence-electron chi connectivity index (χ3n) is 3.52. The molecule has 0 aliphatic rings. The number of hydrogen-bond donors (Lipinski definition) is 1. The first kappa shape index (κ1) is 19.0. The number of methoxy groups -OCH3 is 1. The molecule has 0 aromatic heterocycles. The standard InChI is InChI=1S/C17H27N3O3/c1-14(21)20(12-11-19(2)3)10-9-17(22)18-13-15-5-7-16(23-4)8-6-15/h5-8H,9-13H2,1-4H3,(H,18,22). The van der Waals surface area contributed by atoms with E-state index in [1.807, 2.05) is 43.3 Å². The zero-order chi connectivity index (χ0) is 17.2. The van der Waals surface area contributed by atoms with Gasteiger partial charge in [0.25, 0.3) is 0 Å². The van der Waals surface area contributed by atoms with Crippen molar-refractivity contribution in [2.24, 2.45) is 0 Å². The molecule has 6 nitrogen and oxygen atoms in total. The Kier molecular flexibility index (Phi) is 8.11. The zero-order valence-electron chi connectivity index (χ0n) is 14.5. The van der Waals surface area contributed by atoms with Crippen LogP contribution in [0.5, 0.6) is 5.75 Å². The van der Waals surface area contributed by atoms with Crippen molar-refractivity contribution in [3.8, 4) is 5.75 Å². The van der Waals surface area contributed by atoms with E-state index in [0.29, 0.717) is 26.1 Å². The van der Waals surface area contributed by atoms with Gasteiger partial charge in [0.05, 0.1) is 7.11 Å². The van der Waals surface area contributed by atoms with Crippen LogP contribution in [0.15, 0.2) is 24.3 Å². The molecule has 0 heterocycles. The van der Waals surface area contributed by atoms with Crippen LogP contribution in [0.1, 0.15) is 18.9 Å². The Hall–Kier alpha value is -2.08. The highest BCUT2D eigenvalue weighted by Crippen LogP contribution is 2.10. The van der Waals surface area contributed by atoms with Gasteiger partial charge in [0, 0.05) is 39.5 Å². The molecule has 0 radical (unpaired) electrons. The highest BCUT2D eigenvalue weighted by atomic mass is 16.5. The summed E-state index contributed by atoms with van der Waals surface area (Å²) in [7, 11) is 5.54. The zero-order valence-corrected chi connectivity index (χ0v) is 14.5. The van der Waals surface area contributed by atoms with Gasteiger partial charge >= 0.3 is 0 Å². The van der Waals surface area contributed by atoms with Crippen LogP contribution >= 0.6 is 0 Å². The number of nitrogens with one attached hydrogen (secondary N) is 1. The molecule has 1 N–H and O–H groups in total. The second-order valence-corrected chi connectivity index (χ2v) is 5.68. The summed E-state index contributed by atoms with van der Waals surface area (Å²) in [5.74, 6) is 0.727. The van der Waals surface area contributed by atoms with E-state index >= 15 is 0 Å². The Morgan fingerprint density at radius 2 is 1.74 bits per heavy atom. The molecule has 0 aliphatic carbocycles. The Balaban J connectivity index is 2.35. The lowest BCUT2D eigenvalue weighted by Gasteiger charge is -2.22. The van der Waals surface area contributed by atoms with Crippen molar-refractivity contribution in [2.75, 3.05) is 40.8 Å². The molecule has 0 atom stereocenters. The number of likely N-dealkylation sites (N-methyl/N-ethyl adjacent to an activating group) is 1. The summed E-state index contributed by atoms with van der Waals surface area (Å²) in [4.78, 5) is 27.2. The van der Waals surface area contributed by atoms with Crippen molar-refractivity contribution in [3.63, 3.8) is 0 Å². The number of benzene rings is 1. The molecule has 0 saturated carbocycles. The molecule has 23 heavy (non-hydrogen) atoms. The summed E-state index contributed by atoms with van der Waals surface area (Å²) >= 11 is 0. The van der Waals surface area contributed by atoms with E-state index in [1.54, 1.807) is 12.0 Å². The first-order valence-electron chi connectivity index (χ1n) is 7.72. The van der Waals surface area contributed by atoms with Gasteiger partial charge in [0.2, 0.25) is 11.8 Å². The summed E-state index contributed by atoms with van der Waals surface area (Å²) in [5.41, 5.74) is 1.01. The van der Waals surface area contributed by atoms with Crippen LogP contribution in [-0.2, 0) is 16.1 Å². The third kappa shape index (κ3) is 7.65. The fourth-order valence-electron chi connectivity index (χ4n) is 2.02. The van der Waals surface area contributed by atoms with Gasteiger partial charge in [-0.1, -0.05) is 12.1 Å². The second-order valence-electron chi connectivity index (χ2n) is 5.68. The Bertz CT molecular complexity index is 500. The maximum Gasteiger partial charge on any atom is 0.222 e. The Morgan fingerprint density at radius 3 is 2.26 bits per heavy atom. The van der Waals surface area contributed by atoms with Crippen molar-refractivity contribution in [1.29, 1.82) is 0 Å². The van der Waals surface area contributed by atoms with Crippen LogP contribution in [0.25, 0.3) is 0 Å². The van der Waals surface area contributed by atoms with Crippen LogP contribution in [0.4, 0.5) is 0 Å². The minimum Gasteiger partial charge on any atom is -0.497 e. The van der Waals surface area contributed by atoms with E-state index in [9.17, 15) is 9.59 Å². The second kappa shape index (κ2) is 9.84. The SMILES string of the molecule is COc1ccc(CNC(=O)CCN(CCN(C)C)C(C)=O)cc1. The fourth-order valence-corrected chi connectivity index (χ4v) is 2.02. The van der Waals surface area contributed by atoms with E-state index in [-0.39, 0.29) is 11.8 Å². The van der Waals surface area contributed by atoms with Crippen LogP contribution in [0.3, 0.4) is 0 Å². The number of rotatable bonds is 9. The van der Waals surface area contributed by atoms with E-state index < -0.39 is 0 Å². The summed E-state index contributed by atoms with van der Waals surface area (Å²) in [5, 5.41) is 2.87. The fraction of sp³-hybridized carbons (Fsp3) is 0.529. The predicted molar refractivity (Wildman–Crippen MR) is 90.3 cm³/mol. The van der Waals surface area contributed by atoms with Gasteiger partial charge in [-0.15, -0.1) is 0 Å². The van der Waals surface area contributed by atoms with Crippen LogP contribution < -0.4 is 10.1 Å². The molecule has 0 aliphatic heterocycles. The molecule has 1 aromatic carbocycles. The molecule has 0 fully saturated rings. The number of ether oxygens (including phenoxy) is 1. The van der Waals surface area contributed by atoms with E-state index in [0.717, 1.165) is 17.9 Å².